The lowest BCUT2D eigenvalue weighted by atomic mass is 10.1. The van der Waals surface area contributed by atoms with Crippen molar-refractivity contribution in [3.05, 3.63) is 59.7 Å². The van der Waals surface area contributed by atoms with Crippen LogP contribution >= 0.6 is 0 Å². The van der Waals surface area contributed by atoms with Crippen molar-refractivity contribution in [2.75, 3.05) is 12.3 Å². The Morgan fingerprint density at radius 2 is 1.61 bits per heavy atom. The van der Waals surface area contributed by atoms with Crippen molar-refractivity contribution in [2.45, 2.75) is 6.42 Å². The van der Waals surface area contributed by atoms with Gasteiger partial charge in [-0.05, 0) is 23.8 Å². The van der Waals surface area contributed by atoms with Gasteiger partial charge in [0.25, 0.3) is 0 Å². The molecule has 0 aliphatic heterocycles. The Morgan fingerprint density at radius 3 is 2.28 bits per heavy atom. The van der Waals surface area contributed by atoms with Crippen molar-refractivity contribution >= 4 is 5.69 Å². The highest BCUT2D eigenvalue weighted by molar-refractivity contribution is 5.46. The van der Waals surface area contributed by atoms with Crippen molar-refractivity contribution in [3.63, 3.8) is 0 Å². The van der Waals surface area contributed by atoms with E-state index in [0.29, 0.717) is 12.1 Å². The maximum Gasteiger partial charge on any atom is 0.190 e. The number of nitrogens with two attached hydrogens (primary N) is 1. The summed E-state index contributed by atoms with van der Waals surface area (Å²) in [6.45, 7) is 0.173. The van der Waals surface area contributed by atoms with Gasteiger partial charge in [-0.3, -0.25) is 0 Å². The monoisotopic (exact) mass is 249 g/mol. The van der Waals surface area contributed by atoms with E-state index in [4.69, 9.17) is 10.5 Å². The molecular weight excluding hydrogens is 236 g/mol. The fourth-order valence-corrected chi connectivity index (χ4v) is 1.65. The second-order valence-corrected chi connectivity index (χ2v) is 3.85. The molecule has 2 rings (SSSR count). The van der Waals surface area contributed by atoms with Crippen LogP contribution < -0.4 is 10.5 Å². The highest BCUT2D eigenvalue weighted by Crippen LogP contribution is 2.21. The van der Waals surface area contributed by atoms with Crippen LogP contribution in [0.2, 0.25) is 0 Å². The molecule has 0 radical (unpaired) electrons. The zero-order chi connectivity index (χ0) is 13.0. The molecule has 2 aromatic rings. The van der Waals surface area contributed by atoms with Crippen molar-refractivity contribution in [2.24, 2.45) is 0 Å². The molecule has 2 N–H and O–H groups in total. The van der Waals surface area contributed by atoms with Gasteiger partial charge in [0.1, 0.15) is 0 Å². The number of hydrogen-bond acceptors (Lipinski definition) is 2. The first-order chi connectivity index (χ1) is 8.68. The Labute approximate surface area is 104 Å². The van der Waals surface area contributed by atoms with E-state index in [1.54, 1.807) is 6.07 Å². The molecule has 0 bridgehead atoms. The first kappa shape index (κ1) is 12.4. The van der Waals surface area contributed by atoms with Crippen LogP contribution in [-0.2, 0) is 6.42 Å². The minimum Gasteiger partial charge on any atom is -0.487 e. The van der Waals surface area contributed by atoms with E-state index in [2.05, 4.69) is 0 Å². The fourth-order valence-electron chi connectivity index (χ4n) is 1.65. The van der Waals surface area contributed by atoms with Crippen LogP contribution in [0.5, 0.6) is 5.75 Å². The minimum absolute atomic E-state index is 0.173. The van der Waals surface area contributed by atoms with E-state index in [1.165, 1.54) is 6.07 Å². The van der Waals surface area contributed by atoms with E-state index >= 15 is 0 Å². The summed E-state index contributed by atoms with van der Waals surface area (Å²) in [5.41, 5.74) is 7.30. The maximum absolute atomic E-state index is 13.3. The highest BCUT2D eigenvalue weighted by atomic mass is 19.1. The standard InChI is InChI=1S/C14H13F2NO/c15-11-5-3-6-12(16)14(11)18-9-8-10-4-1-2-7-13(10)17/h1-7H,8-9,17H2. The zero-order valence-electron chi connectivity index (χ0n) is 9.70. The number of rotatable bonds is 4. The number of hydrogen-bond donors (Lipinski definition) is 1. The summed E-state index contributed by atoms with van der Waals surface area (Å²) in [6.07, 6.45) is 0.500. The molecule has 0 amide bonds. The Morgan fingerprint density at radius 1 is 0.944 bits per heavy atom. The molecule has 0 aromatic heterocycles. The molecule has 4 heteroatoms. The Kier molecular flexibility index (Phi) is 3.77. The van der Waals surface area contributed by atoms with Gasteiger partial charge in [0.05, 0.1) is 6.61 Å². The Bertz CT molecular complexity index is 523. The second-order valence-electron chi connectivity index (χ2n) is 3.85. The molecular formula is C14H13F2NO. The van der Waals surface area contributed by atoms with Crippen LogP contribution in [0.4, 0.5) is 14.5 Å². The van der Waals surface area contributed by atoms with Gasteiger partial charge in [0, 0.05) is 12.1 Å². The van der Waals surface area contributed by atoms with Crippen LogP contribution in [0.15, 0.2) is 42.5 Å². The first-order valence-corrected chi connectivity index (χ1v) is 5.58. The van der Waals surface area contributed by atoms with E-state index in [-0.39, 0.29) is 12.4 Å². The first-order valence-electron chi connectivity index (χ1n) is 5.58. The number of benzene rings is 2. The van der Waals surface area contributed by atoms with Gasteiger partial charge in [-0.15, -0.1) is 0 Å². The molecule has 0 atom stereocenters. The van der Waals surface area contributed by atoms with Crippen molar-refractivity contribution in [1.82, 2.24) is 0 Å². The predicted molar refractivity (Wildman–Crippen MR) is 66.4 cm³/mol. The summed E-state index contributed by atoms with van der Waals surface area (Å²) in [5.74, 6) is -1.74. The lowest BCUT2D eigenvalue weighted by Crippen LogP contribution is -2.06. The molecule has 94 valence electrons. The third kappa shape index (κ3) is 2.77. The summed E-state index contributed by atoms with van der Waals surface area (Å²) < 4.78 is 31.7. The van der Waals surface area contributed by atoms with Gasteiger partial charge < -0.3 is 10.5 Å². The quantitative estimate of drug-likeness (QED) is 0.845. The van der Waals surface area contributed by atoms with Crippen LogP contribution in [0, 0.1) is 11.6 Å². The number of para-hydroxylation sites is 2. The summed E-state index contributed by atoms with van der Waals surface area (Å²) in [4.78, 5) is 0. The molecule has 0 aliphatic rings. The third-order valence-corrected chi connectivity index (χ3v) is 2.59. The molecule has 0 unspecified atom stereocenters. The Balaban J connectivity index is 1.99. The van der Waals surface area contributed by atoms with Crippen LogP contribution in [0.1, 0.15) is 5.56 Å². The SMILES string of the molecule is Nc1ccccc1CCOc1c(F)cccc1F. The molecule has 0 saturated heterocycles. The predicted octanol–water partition coefficient (Wildman–Crippen LogP) is 3.17. The highest BCUT2D eigenvalue weighted by Gasteiger charge is 2.09. The van der Waals surface area contributed by atoms with Crippen molar-refractivity contribution in [3.8, 4) is 5.75 Å². The van der Waals surface area contributed by atoms with Crippen LogP contribution in [0.3, 0.4) is 0 Å². The normalized spacial score (nSPS) is 10.3. The average Bonchev–Trinajstić information content (AvgIpc) is 2.35. The van der Waals surface area contributed by atoms with E-state index in [9.17, 15) is 8.78 Å². The number of nitrogen functional groups attached to an aromatic ring is 1. The molecule has 0 heterocycles. The lowest BCUT2D eigenvalue weighted by molar-refractivity contribution is 0.288. The summed E-state index contributed by atoms with van der Waals surface area (Å²) >= 11 is 0. The number of anilines is 1. The Hall–Kier alpha value is -2.10. The zero-order valence-corrected chi connectivity index (χ0v) is 9.70. The van der Waals surface area contributed by atoms with E-state index in [0.717, 1.165) is 17.7 Å². The summed E-state index contributed by atoms with van der Waals surface area (Å²) in [6, 6.07) is 10.9. The molecule has 0 fully saturated rings. The smallest absolute Gasteiger partial charge is 0.190 e. The van der Waals surface area contributed by atoms with E-state index in [1.807, 2.05) is 18.2 Å². The maximum atomic E-state index is 13.3. The minimum atomic E-state index is -0.698. The van der Waals surface area contributed by atoms with Crippen molar-refractivity contribution in [1.29, 1.82) is 0 Å². The lowest BCUT2D eigenvalue weighted by Gasteiger charge is -2.09. The van der Waals surface area contributed by atoms with Gasteiger partial charge in [0.15, 0.2) is 17.4 Å². The van der Waals surface area contributed by atoms with Gasteiger partial charge in [-0.25, -0.2) is 8.78 Å². The van der Waals surface area contributed by atoms with Gasteiger partial charge in [-0.1, -0.05) is 24.3 Å². The molecule has 0 spiro atoms. The van der Waals surface area contributed by atoms with Gasteiger partial charge >= 0.3 is 0 Å². The molecule has 2 nitrogen and oxygen atoms in total. The van der Waals surface area contributed by atoms with Crippen molar-refractivity contribution < 1.29 is 13.5 Å². The van der Waals surface area contributed by atoms with Crippen LogP contribution in [-0.4, -0.2) is 6.61 Å². The van der Waals surface area contributed by atoms with E-state index < -0.39 is 11.6 Å². The largest absolute Gasteiger partial charge is 0.487 e. The summed E-state index contributed by atoms with van der Waals surface area (Å²) in [5, 5.41) is 0. The molecule has 0 aliphatic carbocycles. The fraction of sp³-hybridized carbons (Fsp3) is 0.143. The topological polar surface area (TPSA) is 35.2 Å². The van der Waals surface area contributed by atoms with Gasteiger partial charge in [-0.2, -0.15) is 0 Å². The molecule has 2 aromatic carbocycles. The number of ether oxygens (including phenoxy) is 1. The van der Waals surface area contributed by atoms with Gasteiger partial charge in [0.2, 0.25) is 0 Å². The molecule has 18 heavy (non-hydrogen) atoms. The third-order valence-electron chi connectivity index (χ3n) is 2.59. The number of halogens is 2. The molecule has 0 saturated carbocycles. The van der Waals surface area contributed by atoms with Crippen LogP contribution in [0.25, 0.3) is 0 Å². The average molecular weight is 249 g/mol. The summed E-state index contributed by atoms with van der Waals surface area (Å²) in [7, 11) is 0. The second kappa shape index (κ2) is 5.49.